The second-order valence-electron chi connectivity index (χ2n) is 5.50. The van der Waals surface area contributed by atoms with Gasteiger partial charge in [0, 0.05) is 17.4 Å². The van der Waals surface area contributed by atoms with Crippen molar-refractivity contribution in [2.45, 2.75) is 12.5 Å². The molecule has 1 atom stereocenters. The molecular weight excluding hydrogens is 320 g/mol. The average Bonchev–Trinajstić information content (AvgIpc) is 2.63. The summed E-state index contributed by atoms with van der Waals surface area (Å²) < 4.78 is 0. The Morgan fingerprint density at radius 1 is 0.958 bits per heavy atom. The van der Waals surface area contributed by atoms with Crippen molar-refractivity contribution in [1.82, 2.24) is 10.3 Å². The zero-order chi connectivity index (χ0) is 16.8. The van der Waals surface area contributed by atoms with E-state index < -0.39 is 0 Å². The number of carbonyl (C=O) groups is 1. The molecule has 0 unspecified atom stereocenters. The predicted octanol–water partition coefficient (Wildman–Crippen LogP) is 4.18. The molecule has 2 aromatic carbocycles. The van der Waals surface area contributed by atoms with E-state index in [1.54, 1.807) is 24.5 Å². The third-order valence-electron chi connectivity index (χ3n) is 3.73. The van der Waals surface area contributed by atoms with Crippen molar-refractivity contribution >= 4 is 17.5 Å². The molecule has 0 saturated heterocycles. The number of hydrogen-bond acceptors (Lipinski definition) is 2. The number of nitrogens with zero attached hydrogens (tertiary/aromatic N) is 1. The summed E-state index contributed by atoms with van der Waals surface area (Å²) in [4.78, 5) is 16.7. The summed E-state index contributed by atoms with van der Waals surface area (Å²) >= 11 is 5.89. The molecule has 1 aromatic heterocycles. The molecule has 1 heterocycles. The summed E-state index contributed by atoms with van der Waals surface area (Å²) in [6, 6.07) is 20.8. The van der Waals surface area contributed by atoms with Gasteiger partial charge in [0.2, 0.25) is 5.91 Å². The minimum Gasteiger partial charge on any atom is -0.345 e. The van der Waals surface area contributed by atoms with Crippen molar-refractivity contribution in [3.8, 4) is 0 Å². The second-order valence-corrected chi connectivity index (χ2v) is 5.94. The lowest BCUT2D eigenvalue weighted by molar-refractivity contribution is -0.120. The Morgan fingerprint density at radius 3 is 2.33 bits per heavy atom. The highest BCUT2D eigenvalue weighted by Gasteiger charge is 2.17. The maximum atomic E-state index is 12.5. The largest absolute Gasteiger partial charge is 0.345 e. The smallest absolute Gasteiger partial charge is 0.225 e. The van der Waals surface area contributed by atoms with Gasteiger partial charge in [0.25, 0.3) is 0 Å². The topological polar surface area (TPSA) is 42.0 Å². The van der Waals surface area contributed by atoms with Crippen molar-refractivity contribution in [3.05, 3.63) is 101 Å². The van der Waals surface area contributed by atoms with Crippen LogP contribution in [0.3, 0.4) is 0 Å². The molecule has 0 aliphatic heterocycles. The van der Waals surface area contributed by atoms with Crippen molar-refractivity contribution in [2.75, 3.05) is 0 Å². The number of pyridine rings is 1. The maximum Gasteiger partial charge on any atom is 0.225 e. The molecule has 0 radical (unpaired) electrons. The summed E-state index contributed by atoms with van der Waals surface area (Å²) in [6.07, 6.45) is 3.81. The van der Waals surface area contributed by atoms with Gasteiger partial charge in [-0.15, -0.1) is 0 Å². The third-order valence-corrected chi connectivity index (χ3v) is 3.99. The van der Waals surface area contributed by atoms with Crippen molar-refractivity contribution in [3.63, 3.8) is 0 Å². The standard InChI is InChI=1S/C20H17ClN2O/c21-18-10-8-15(9-11-18)13-19(24)23-20(16-5-2-1-3-6-16)17-7-4-12-22-14-17/h1-12,14,20H,13H2,(H,23,24)/t20-/m1/s1. The lowest BCUT2D eigenvalue weighted by Crippen LogP contribution is -2.30. The minimum atomic E-state index is -0.222. The lowest BCUT2D eigenvalue weighted by atomic mass is 9.99. The van der Waals surface area contributed by atoms with Gasteiger partial charge in [0.15, 0.2) is 0 Å². The molecule has 0 saturated carbocycles. The van der Waals surface area contributed by atoms with Crippen LogP contribution in [0.4, 0.5) is 0 Å². The van der Waals surface area contributed by atoms with Crippen LogP contribution in [0.25, 0.3) is 0 Å². The van der Waals surface area contributed by atoms with Gasteiger partial charge >= 0.3 is 0 Å². The fraction of sp³-hybridized carbons (Fsp3) is 0.100. The van der Waals surface area contributed by atoms with Crippen LogP contribution in [-0.2, 0) is 11.2 Å². The van der Waals surface area contributed by atoms with Crippen LogP contribution >= 0.6 is 11.6 Å². The molecule has 4 heteroatoms. The van der Waals surface area contributed by atoms with Gasteiger partial charge in [0.1, 0.15) is 0 Å². The van der Waals surface area contributed by atoms with E-state index in [0.717, 1.165) is 16.7 Å². The number of benzene rings is 2. The van der Waals surface area contributed by atoms with Gasteiger partial charge in [-0.2, -0.15) is 0 Å². The highest BCUT2D eigenvalue weighted by atomic mass is 35.5. The van der Waals surface area contributed by atoms with E-state index in [0.29, 0.717) is 11.4 Å². The van der Waals surface area contributed by atoms with Crippen LogP contribution in [0.1, 0.15) is 22.7 Å². The molecule has 0 aliphatic carbocycles. The lowest BCUT2D eigenvalue weighted by Gasteiger charge is -2.19. The van der Waals surface area contributed by atoms with Crippen LogP contribution in [0.15, 0.2) is 79.1 Å². The molecule has 3 nitrogen and oxygen atoms in total. The molecule has 0 spiro atoms. The van der Waals surface area contributed by atoms with Crippen LogP contribution in [-0.4, -0.2) is 10.9 Å². The van der Waals surface area contributed by atoms with Crippen LogP contribution in [0.2, 0.25) is 5.02 Å². The fourth-order valence-electron chi connectivity index (χ4n) is 2.55. The van der Waals surface area contributed by atoms with Gasteiger partial charge in [-0.3, -0.25) is 9.78 Å². The van der Waals surface area contributed by atoms with Crippen molar-refractivity contribution < 1.29 is 4.79 Å². The molecule has 3 rings (SSSR count). The van der Waals surface area contributed by atoms with E-state index in [4.69, 9.17) is 11.6 Å². The first-order valence-electron chi connectivity index (χ1n) is 7.71. The Morgan fingerprint density at radius 2 is 1.67 bits per heavy atom. The summed E-state index contributed by atoms with van der Waals surface area (Å²) in [5.74, 6) is -0.0463. The Bertz CT molecular complexity index is 749. The molecule has 0 aliphatic rings. The third kappa shape index (κ3) is 4.21. The van der Waals surface area contributed by atoms with Crippen LogP contribution in [0, 0.1) is 0 Å². The molecule has 3 aromatic rings. The first-order chi connectivity index (χ1) is 11.7. The fourth-order valence-corrected chi connectivity index (χ4v) is 2.68. The molecule has 120 valence electrons. The number of aromatic nitrogens is 1. The Labute approximate surface area is 146 Å². The van der Waals surface area contributed by atoms with Gasteiger partial charge < -0.3 is 5.32 Å². The van der Waals surface area contributed by atoms with E-state index in [-0.39, 0.29) is 11.9 Å². The first-order valence-corrected chi connectivity index (χ1v) is 8.09. The summed E-state index contributed by atoms with van der Waals surface area (Å²) in [7, 11) is 0. The zero-order valence-electron chi connectivity index (χ0n) is 13.0. The number of nitrogens with one attached hydrogen (secondary N) is 1. The Hall–Kier alpha value is -2.65. The van der Waals surface area contributed by atoms with Crippen molar-refractivity contribution in [1.29, 1.82) is 0 Å². The highest BCUT2D eigenvalue weighted by molar-refractivity contribution is 6.30. The summed E-state index contributed by atoms with van der Waals surface area (Å²) in [5, 5.41) is 3.76. The first kappa shape index (κ1) is 16.2. The predicted molar refractivity (Wildman–Crippen MR) is 95.8 cm³/mol. The van der Waals surface area contributed by atoms with Crippen molar-refractivity contribution in [2.24, 2.45) is 0 Å². The average molecular weight is 337 g/mol. The van der Waals surface area contributed by atoms with E-state index in [9.17, 15) is 4.79 Å². The summed E-state index contributed by atoms with van der Waals surface area (Å²) in [6.45, 7) is 0. The minimum absolute atomic E-state index is 0.0463. The Kier molecular flexibility index (Phi) is 5.24. The maximum absolute atomic E-state index is 12.5. The quantitative estimate of drug-likeness (QED) is 0.759. The molecule has 24 heavy (non-hydrogen) atoms. The number of carbonyl (C=O) groups excluding carboxylic acids is 1. The molecule has 0 fully saturated rings. The van der Waals surface area contributed by atoms with E-state index >= 15 is 0 Å². The summed E-state index contributed by atoms with van der Waals surface area (Å²) in [5.41, 5.74) is 2.90. The van der Waals surface area contributed by atoms with Gasteiger partial charge in [-0.25, -0.2) is 0 Å². The van der Waals surface area contributed by atoms with E-state index in [1.165, 1.54) is 0 Å². The second kappa shape index (κ2) is 7.75. The normalized spacial score (nSPS) is 11.7. The molecule has 1 N–H and O–H groups in total. The highest BCUT2D eigenvalue weighted by Crippen LogP contribution is 2.21. The number of rotatable bonds is 5. The van der Waals surface area contributed by atoms with Crippen LogP contribution < -0.4 is 5.32 Å². The Balaban J connectivity index is 1.79. The van der Waals surface area contributed by atoms with Gasteiger partial charge in [0.05, 0.1) is 12.5 Å². The molecule has 1 amide bonds. The van der Waals surface area contributed by atoms with E-state index in [1.807, 2.05) is 54.6 Å². The van der Waals surface area contributed by atoms with Crippen LogP contribution in [0.5, 0.6) is 0 Å². The number of amides is 1. The number of hydrogen-bond donors (Lipinski definition) is 1. The van der Waals surface area contributed by atoms with E-state index in [2.05, 4.69) is 10.3 Å². The number of halogens is 1. The monoisotopic (exact) mass is 336 g/mol. The zero-order valence-corrected chi connectivity index (χ0v) is 13.8. The molecular formula is C20H17ClN2O. The van der Waals surface area contributed by atoms with Gasteiger partial charge in [-0.1, -0.05) is 60.1 Å². The molecule has 0 bridgehead atoms. The SMILES string of the molecule is O=C(Cc1ccc(Cl)cc1)N[C@H](c1ccccc1)c1cccnc1. The van der Waals surface area contributed by atoms with Gasteiger partial charge in [-0.05, 0) is 34.9 Å².